The summed E-state index contributed by atoms with van der Waals surface area (Å²) in [7, 11) is 1.42. The van der Waals surface area contributed by atoms with Crippen molar-refractivity contribution in [2.24, 2.45) is 5.73 Å². The van der Waals surface area contributed by atoms with E-state index in [1.165, 1.54) is 19.2 Å². The highest BCUT2D eigenvalue weighted by atomic mass is 35.5. The number of amides is 2. The van der Waals surface area contributed by atoms with Crippen molar-refractivity contribution in [3.8, 4) is 11.5 Å². The van der Waals surface area contributed by atoms with Crippen molar-refractivity contribution in [1.82, 2.24) is 4.90 Å². The molecule has 2 N–H and O–H groups in total. The number of benzene rings is 1. The molecular formula is C14H17ClN2O5. The number of methoxy groups -OCH3 is 1. The van der Waals surface area contributed by atoms with Crippen molar-refractivity contribution in [3.05, 3.63) is 22.7 Å². The van der Waals surface area contributed by atoms with E-state index in [4.69, 9.17) is 31.5 Å². The zero-order valence-corrected chi connectivity index (χ0v) is 12.9. The van der Waals surface area contributed by atoms with E-state index in [0.717, 1.165) is 0 Å². The van der Waals surface area contributed by atoms with Crippen molar-refractivity contribution >= 4 is 23.4 Å². The van der Waals surface area contributed by atoms with E-state index in [2.05, 4.69) is 0 Å². The molecule has 1 heterocycles. The molecule has 1 aliphatic heterocycles. The lowest BCUT2D eigenvalue weighted by Gasteiger charge is -2.27. The van der Waals surface area contributed by atoms with E-state index in [0.29, 0.717) is 31.9 Å². The predicted molar refractivity (Wildman–Crippen MR) is 79.4 cm³/mol. The molecule has 0 atom stereocenters. The Labute approximate surface area is 132 Å². The van der Waals surface area contributed by atoms with Gasteiger partial charge in [-0.15, -0.1) is 0 Å². The van der Waals surface area contributed by atoms with E-state index in [1.54, 1.807) is 4.90 Å². The fourth-order valence-corrected chi connectivity index (χ4v) is 2.34. The molecule has 0 aromatic heterocycles. The second-order valence-electron chi connectivity index (χ2n) is 4.65. The van der Waals surface area contributed by atoms with Crippen LogP contribution in [0.4, 0.5) is 0 Å². The first kappa shape index (κ1) is 16.4. The summed E-state index contributed by atoms with van der Waals surface area (Å²) in [5, 5.41) is 0.178. The van der Waals surface area contributed by atoms with E-state index in [1.807, 2.05) is 0 Å². The third-order valence-corrected chi connectivity index (χ3v) is 3.41. The molecule has 1 aromatic carbocycles. The first-order valence-electron chi connectivity index (χ1n) is 6.68. The van der Waals surface area contributed by atoms with Crippen molar-refractivity contribution in [2.75, 3.05) is 40.0 Å². The maximum atomic E-state index is 12.4. The molecule has 8 heteroatoms. The Morgan fingerprint density at radius 2 is 2.05 bits per heavy atom. The molecular weight excluding hydrogens is 312 g/mol. The lowest BCUT2D eigenvalue weighted by molar-refractivity contribution is -0.119. The molecule has 0 spiro atoms. The summed E-state index contributed by atoms with van der Waals surface area (Å²) in [6, 6.07) is 3.01. The largest absolute Gasteiger partial charge is 0.493 e. The summed E-state index contributed by atoms with van der Waals surface area (Å²) < 4.78 is 15.6. The Bertz CT molecular complexity index is 573. The highest BCUT2D eigenvalue weighted by Gasteiger charge is 2.22. The van der Waals surface area contributed by atoms with Gasteiger partial charge >= 0.3 is 0 Å². The number of nitrogens with two attached hydrogens (primary N) is 1. The number of hydrogen-bond acceptors (Lipinski definition) is 5. The van der Waals surface area contributed by atoms with Crippen molar-refractivity contribution < 1.29 is 23.8 Å². The normalized spacial score (nSPS) is 14.5. The number of carbonyl (C=O) groups excluding carboxylic acids is 2. The Kier molecular flexibility index (Phi) is 5.46. The molecule has 2 amide bonds. The maximum Gasteiger partial charge on any atom is 0.255 e. The Balaban J connectivity index is 2.24. The van der Waals surface area contributed by atoms with E-state index >= 15 is 0 Å². The molecule has 0 radical (unpaired) electrons. The van der Waals surface area contributed by atoms with Crippen LogP contribution in [0.25, 0.3) is 0 Å². The topological polar surface area (TPSA) is 91.1 Å². The van der Waals surface area contributed by atoms with Gasteiger partial charge in [-0.25, -0.2) is 0 Å². The molecule has 0 bridgehead atoms. The van der Waals surface area contributed by atoms with Gasteiger partial charge in [0.05, 0.1) is 25.3 Å². The first-order chi connectivity index (χ1) is 10.5. The van der Waals surface area contributed by atoms with Gasteiger partial charge in [-0.1, -0.05) is 11.6 Å². The molecule has 0 aliphatic carbocycles. The summed E-state index contributed by atoms with van der Waals surface area (Å²) in [5.41, 5.74) is 5.42. The monoisotopic (exact) mass is 328 g/mol. The van der Waals surface area contributed by atoms with Crippen molar-refractivity contribution in [2.45, 2.75) is 0 Å². The number of primary amides is 1. The molecule has 7 nitrogen and oxygen atoms in total. The maximum absolute atomic E-state index is 12.4. The molecule has 1 fully saturated rings. The lowest BCUT2D eigenvalue weighted by atomic mass is 10.1. The molecule has 1 aliphatic rings. The summed E-state index contributed by atoms with van der Waals surface area (Å²) in [6.07, 6.45) is 0. The zero-order chi connectivity index (χ0) is 16.1. The minimum absolute atomic E-state index is 0.162. The number of hydrogen-bond donors (Lipinski definition) is 1. The van der Waals surface area contributed by atoms with Crippen LogP contribution in [0.2, 0.25) is 5.02 Å². The van der Waals surface area contributed by atoms with Crippen LogP contribution in [0.1, 0.15) is 10.4 Å². The van der Waals surface area contributed by atoms with Gasteiger partial charge in [0.25, 0.3) is 11.8 Å². The molecule has 120 valence electrons. The fourth-order valence-electron chi connectivity index (χ4n) is 2.08. The third kappa shape index (κ3) is 3.80. The van der Waals surface area contributed by atoms with E-state index < -0.39 is 5.91 Å². The first-order valence-corrected chi connectivity index (χ1v) is 7.06. The number of carbonyl (C=O) groups is 2. The molecule has 1 aromatic rings. The summed E-state index contributed by atoms with van der Waals surface area (Å²) in [5.74, 6) is -0.344. The predicted octanol–water partition coefficient (Wildman–Crippen LogP) is 0.685. The van der Waals surface area contributed by atoms with Crippen LogP contribution >= 0.6 is 11.6 Å². The minimum atomic E-state index is -0.633. The van der Waals surface area contributed by atoms with E-state index in [9.17, 15) is 9.59 Å². The molecule has 22 heavy (non-hydrogen) atoms. The standard InChI is InChI=1S/C14H17ClN2O5/c1-20-11-7-9(14(19)17-2-4-21-5-3-17)6-10(15)13(11)22-8-12(16)18/h6-7H,2-5,8H2,1H3,(H2,16,18). The van der Waals surface area contributed by atoms with Gasteiger partial charge in [0.1, 0.15) is 0 Å². The summed E-state index contributed by atoms with van der Waals surface area (Å²) >= 11 is 6.13. The van der Waals surface area contributed by atoms with Gasteiger partial charge in [-0.05, 0) is 12.1 Å². The fraction of sp³-hybridized carbons (Fsp3) is 0.429. The molecule has 1 saturated heterocycles. The second kappa shape index (κ2) is 7.33. The van der Waals surface area contributed by atoms with Gasteiger partial charge < -0.3 is 24.8 Å². The summed E-state index contributed by atoms with van der Waals surface area (Å²) in [4.78, 5) is 24.9. The quantitative estimate of drug-likeness (QED) is 0.858. The van der Waals surface area contributed by atoms with Gasteiger partial charge in [0.2, 0.25) is 0 Å². The Morgan fingerprint density at radius 1 is 1.36 bits per heavy atom. The van der Waals surface area contributed by atoms with E-state index in [-0.39, 0.29) is 29.0 Å². The van der Waals surface area contributed by atoms with Gasteiger partial charge in [-0.2, -0.15) is 0 Å². The van der Waals surface area contributed by atoms with Crippen LogP contribution in [-0.4, -0.2) is 56.7 Å². The second-order valence-corrected chi connectivity index (χ2v) is 5.06. The minimum Gasteiger partial charge on any atom is -0.493 e. The smallest absolute Gasteiger partial charge is 0.255 e. The molecule has 0 saturated carbocycles. The number of nitrogens with zero attached hydrogens (tertiary/aromatic N) is 1. The third-order valence-electron chi connectivity index (χ3n) is 3.13. The highest BCUT2D eigenvalue weighted by Crippen LogP contribution is 2.36. The average Bonchev–Trinajstić information content (AvgIpc) is 2.52. The van der Waals surface area contributed by atoms with Crippen LogP contribution < -0.4 is 15.2 Å². The molecule has 2 rings (SSSR count). The Hall–Kier alpha value is -1.99. The van der Waals surface area contributed by atoms with Crippen LogP contribution in [0.5, 0.6) is 11.5 Å². The van der Waals surface area contributed by atoms with Crippen LogP contribution in [0.15, 0.2) is 12.1 Å². The van der Waals surface area contributed by atoms with Crippen molar-refractivity contribution in [3.63, 3.8) is 0 Å². The van der Waals surface area contributed by atoms with Gasteiger partial charge in [0.15, 0.2) is 18.1 Å². The van der Waals surface area contributed by atoms with Crippen molar-refractivity contribution in [1.29, 1.82) is 0 Å². The molecule has 0 unspecified atom stereocenters. The van der Waals surface area contributed by atoms with Crippen LogP contribution in [-0.2, 0) is 9.53 Å². The zero-order valence-electron chi connectivity index (χ0n) is 12.1. The summed E-state index contributed by atoms with van der Waals surface area (Å²) in [6.45, 7) is 1.75. The van der Waals surface area contributed by atoms with Gasteiger partial charge in [-0.3, -0.25) is 9.59 Å². The average molecular weight is 329 g/mol. The number of morpholine rings is 1. The van der Waals surface area contributed by atoms with Crippen LogP contribution in [0, 0.1) is 0 Å². The van der Waals surface area contributed by atoms with Crippen LogP contribution in [0.3, 0.4) is 0 Å². The lowest BCUT2D eigenvalue weighted by Crippen LogP contribution is -2.40. The Morgan fingerprint density at radius 3 is 2.64 bits per heavy atom. The number of halogens is 1. The highest BCUT2D eigenvalue weighted by molar-refractivity contribution is 6.32. The number of ether oxygens (including phenoxy) is 3. The SMILES string of the molecule is COc1cc(C(=O)N2CCOCC2)cc(Cl)c1OCC(N)=O. The number of rotatable bonds is 5. The van der Waals surface area contributed by atoms with Gasteiger partial charge in [0, 0.05) is 18.7 Å².